The number of urea groups is 1. The Morgan fingerprint density at radius 3 is 2.46 bits per heavy atom. The highest BCUT2D eigenvalue weighted by Crippen LogP contribution is 2.27. The van der Waals surface area contributed by atoms with Crippen LogP contribution in [0, 0.1) is 0 Å². The largest absolute Gasteiger partial charge is 0.367 e. The molecule has 2 N–H and O–H groups in total. The Morgan fingerprint density at radius 1 is 1.00 bits per heavy atom. The van der Waals surface area contributed by atoms with Crippen molar-refractivity contribution in [2.24, 2.45) is 0 Å². The van der Waals surface area contributed by atoms with Gasteiger partial charge in [0.1, 0.15) is 0 Å². The summed E-state index contributed by atoms with van der Waals surface area (Å²) in [5.74, 6) is 0. The van der Waals surface area contributed by atoms with E-state index >= 15 is 0 Å². The van der Waals surface area contributed by atoms with Crippen molar-refractivity contribution in [3.05, 3.63) is 59.2 Å². The van der Waals surface area contributed by atoms with E-state index in [-0.39, 0.29) is 18.4 Å². The smallest absolute Gasteiger partial charge is 0.321 e. The van der Waals surface area contributed by atoms with E-state index in [2.05, 4.69) is 55.4 Å². The number of anilines is 2. The van der Waals surface area contributed by atoms with Crippen molar-refractivity contribution >= 4 is 56.6 Å². The fraction of sp³-hybridized carbons (Fsp3) is 0.211. The van der Waals surface area contributed by atoms with Gasteiger partial charge in [-0.2, -0.15) is 0 Å². The van der Waals surface area contributed by atoms with Gasteiger partial charge >= 0.3 is 6.03 Å². The Hall–Kier alpha value is -2.18. The number of H-pyrrole nitrogens is 1. The number of rotatable bonds is 2. The van der Waals surface area contributed by atoms with Crippen LogP contribution in [0.1, 0.15) is 0 Å². The van der Waals surface area contributed by atoms with Gasteiger partial charge in [-0.3, -0.25) is 0 Å². The number of nitrogens with one attached hydrogen (secondary N) is 2. The molecule has 2 amide bonds. The van der Waals surface area contributed by atoms with Gasteiger partial charge in [0, 0.05) is 59.1 Å². The lowest BCUT2D eigenvalue weighted by molar-refractivity contribution is 0.208. The van der Waals surface area contributed by atoms with Crippen molar-refractivity contribution < 1.29 is 4.79 Å². The predicted molar refractivity (Wildman–Crippen MR) is 112 cm³/mol. The van der Waals surface area contributed by atoms with Gasteiger partial charge in [0.25, 0.3) is 0 Å². The first-order chi connectivity index (χ1) is 12.2. The molecule has 2 aromatic carbocycles. The van der Waals surface area contributed by atoms with Gasteiger partial charge in [-0.15, -0.1) is 12.4 Å². The molecule has 1 aliphatic heterocycles. The molecule has 4 rings (SSSR count). The lowest BCUT2D eigenvalue weighted by Gasteiger charge is -2.36. The van der Waals surface area contributed by atoms with E-state index in [0.29, 0.717) is 13.1 Å². The summed E-state index contributed by atoms with van der Waals surface area (Å²) in [6.07, 6.45) is 1.97. The van der Waals surface area contributed by atoms with Crippen LogP contribution >= 0.6 is 28.3 Å². The van der Waals surface area contributed by atoms with E-state index in [1.54, 1.807) is 0 Å². The van der Waals surface area contributed by atoms with E-state index in [1.165, 1.54) is 11.1 Å². The molecule has 0 unspecified atom stereocenters. The minimum atomic E-state index is -0.0400. The highest BCUT2D eigenvalue weighted by Gasteiger charge is 2.22. The molecule has 5 nitrogen and oxygen atoms in total. The maximum atomic E-state index is 12.4. The normalized spacial score (nSPS) is 14.2. The number of benzene rings is 2. The molecule has 1 fully saturated rings. The molecule has 3 aromatic rings. The first kappa shape index (κ1) is 18.6. The van der Waals surface area contributed by atoms with Crippen molar-refractivity contribution in [2.75, 3.05) is 36.4 Å². The molecule has 0 atom stereocenters. The highest BCUT2D eigenvalue weighted by molar-refractivity contribution is 9.10. The first-order valence-corrected chi connectivity index (χ1v) is 9.12. The summed E-state index contributed by atoms with van der Waals surface area (Å²) in [4.78, 5) is 19.9. The monoisotopic (exact) mass is 434 g/mol. The lowest BCUT2D eigenvalue weighted by atomic mass is 10.2. The topological polar surface area (TPSA) is 51.4 Å². The summed E-state index contributed by atoms with van der Waals surface area (Å²) in [5, 5.41) is 4.19. The zero-order valence-corrected chi connectivity index (χ0v) is 16.5. The second kappa shape index (κ2) is 8.01. The van der Waals surface area contributed by atoms with Crippen LogP contribution in [0.3, 0.4) is 0 Å². The minimum absolute atomic E-state index is 0. The average Bonchev–Trinajstić information content (AvgIpc) is 3.12. The molecule has 136 valence electrons. The van der Waals surface area contributed by atoms with E-state index in [1.807, 2.05) is 35.4 Å². The Bertz CT molecular complexity index is 888. The summed E-state index contributed by atoms with van der Waals surface area (Å²) in [5.41, 5.74) is 3.19. The number of aromatic nitrogens is 1. The number of carbonyl (C=O) groups is 1. The number of piperazine rings is 1. The van der Waals surface area contributed by atoms with Crippen molar-refractivity contribution in [1.82, 2.24) is 9.88 Å². The van der Waals surface area contributed by atoms with Crippen molar-refractivity contribution in [2.45, 2.75) is 0 Å². The maximum Gasteiger partial charge on any atom is 0.321 e. The molecule has 2 heterocycles. The van der Waals surface area contributed by atoms with Crippen molar-refractivity contribution in [3.8, 4) is 0 Å². The molecular formula is C19H20BrClN4O. The van der Waals surface area contributed by atoms with E-state index < -0.39 is 0 Å². The number of hydrogen-bond donors (Lipinski definition) is 2. The lowest BCUT2D eigenvalue weighted by Crippen LogP contribution is -2.50. The van der Waals surface area contributed by atoms with Crippen LogP contribution in [-0.4, -0.2) is 42.1 Å². The van der Waals surface area contributed by atoms with Gasteiger partial charge in [-0.05, 0) is 42.5 Å². The van der Waals surface area contributed by atoms with Gasteiger partial charge in [0.2, 0.25) is 0 Å². The number of carbonyl (C=O) groups excluding carboxylic acids is 1. The average molecular weight is 436 g/mol. The van der Waals surface area contributed by atoms with Gasteiger partial charge < -0.3 is 20.1 Å². The van der Waals surface area contributed by atoms with Gasteiger partial charge in [0.15, 0.2) is 0 Å². The molecule has 0 aliphatic carbocycles. The highest BCUT2D eigenvalue weighted by atomic mass is 79.9. The minimum Gasteiger partial charge on any atom is -0.367 e. The third-order valence-electron chi connectivity index (χ3n) is 4.58. The molecular weight excluding hydrogens is 416 g/mol. The molecule has 1 aliphatic rings. The molecule has 1 saturated heterocycles. The Balaban J connectivity index is 0.00000196. The van der Waals surface area contributed by atoms with Crippen molar-refractivity contribution in [1.29, 1.82) is 0 Å². The van der Waals surface area contributed by atoms with Gasteiger partial charge in [0.05, 0.1) is 0 Å². The van der Waals surface area contributed by atoms with Crippen LogP contribution in [0.25, 0.3) is 10.9 Å². The van der Waals surface area contributed by atoms with Crippen LogP contribution in [0.2, 0.25) is 0 Å². The second-order valence-corrected chi connectivity index (χ2v) is 7.04. The van der Waals surface area contributed by atoms with Crippen LogP contribution in [0.15, 0.2) is 59.2 Å². The molecule has 26 heavy (non-hydrogen) atoms. The Labute approximate surface area is 166 Å². The number of nitrogens with zero attached hydrogens (tertiary/aromatic N) is 2. The fourth-order valence-corrected chi connectivity index (χ4v) is 3.50. The Morgan fingerprint density at radius 2 is 1.73 bits per heavy atom. The summed E-state index contributed by atoms with van der Waals surface area (Å²) < 4.78 is 0.998. The fourth-order valence-electron chi connectivity index (χ4n) is 3.23. The number of halogens is 2. The van der Waals surface area contributed by atoms with Crippen LogP contribution in [-0.2, 0) is 0 Å². The molecule has 1 aromatic heterocycles. The first-order valence-electron chi connectivity index (χ1n) is 8.33. The summed E-state index contributed by atoms with van der Waals surface area (Å²) in [6, 6.07) is 16.0. The standard InChI is InChI=1S/C19H19BrN4O.ClH/c20-14-4-6-15(7-5-14)22-19(25)24-12-10-23(11-13-24)18-3-1-2-17-16(18)8-9-21-17;/h1-9,21H,10-13H2,(H,22,25);1H. The summed E-state index contributed by atoms with van der Waals surface area (Å²) in [6.45, 7) is 3.09. The number of amides is 2. The quantitative estimate of drug-likeness (QED) is 0.613. The Kier molecular flexibility index (Phi) is 5.74. The molecule has 7 heteroatoms. The SMILES string of the molecule is Cl.O=C(Nc1ccc(Br)cc1)N1CCN(c2cccc3[nH]ccc23)CC1. The third-order valence-corrected chi connectivity index (χ3v) is 5.10. The number of hydrogen-bond acceptors (Lipinski definition) is 2. The summed E-state index contributed by atoms with van der Waals surface area (Å²) in [7, 11) is 0. The van der Waals surface area contributed by atoms with E-state index in [4.69, 9.17) is 0 Å². The van der Waals surface area contributed by atoms with Crippen LogP contribution in [0.4, 0.5) is 16.2 Å². The number of fused-ring (bicyclic) bond motifs is 1. The zero-order chi connectivity index (χ0) is 17.2. The number of aromatic amines is 1. The van der Waals surface area contributed by atoms with Gasteiger partial charge in [-0.1, -0.05) is 22.0 Å². The second-order valence-electron chi connectivity index (χ2n) is 6.13. The van der Waals surface area contributed by atoms with Crippen molar-refractivity contribution in [3.63, 3.8) is 0 Å². The molecule has 0 radical (unpaired) electrons. The van der Waals surface area contributed by atoms with Gasteiger partial charge in [-0.25, -0.2) is 4.79 Å². The zero-order valence-electron chi connectivity index (χ0n) is 14.1. The third kappa shape index (κ3) is 3.81. The summed E-state index contributed by atoms with van der Waals surface area (Å²) >= 11 is 3.40. The van der Waals surface area contributed by atoms with E-state index in [0.717, 1.165) is 28.8 Å². The van der Waals surface area contributed by atoms with Crippen LogP contribution < -0.4 is 10.2 Å². The van der Waals surface area contributed by atoms with Crippen LogP contribution in [0.5, 0.6) is 0 Å². The van der Waals surface area contributed by atoms with E-state index in [9.17, 15) is 4.79 Å². The molecule has 0 spiro atoms. The molecule has 0 saturated carbocycles. The maximum absolute atomic E-state index is 12.4. The predicted octanol–water partition coefficient (Wildman–Crippen LogP) is 4.71. The molecule has 0 bridgehead atoms.